The van der Waals surface area contributed by atoms with Crippen molar-refractivity contribution >= 4 is 23.2 Å². The predicted molar refractivity (Wildman–Crippen MR) is 135 cm³/mol. The monoisotopic (exact) mass is 551 g/mol. The number of alkyl halides is 3. The summed E-state index contributed by atoms with van der Waals surface area (Å²) in [5.74, 6) is -1.04. The number of aromatic nitrogens is 4. The second-order valence-electron chi connectivity index (χ2n) is 8.94. The van der Waals surface area contributed by atoms with Crippen LogP contribution in [0, 0.1) is 5.82 Å². The van der Waals surface area contributed by atoms with Gasteiger partial charge in [0.2, 0.25) is 17.7 Å². The van der Waals surface area contributed by atoms with Crippen LogP contribution in [0.5, 0.6) is 5.88 Å². The maximum absolute atomic E-state index is 14.1. The van der Waals surface area contributed by atoms with Crippen LogP contribution < -0.4 is 15.4 Å². The van der Waals surface area contributed by atoms with E-state index in [0.29, 0.717) is 23.1 Å². The minimum absolute atomic E-state index is 0.0118. The molecular formula is C25H29F4N7O3. The van der Waals surface area contributed by atoms with Crippen molar-refractivity contribution in [1.82, 2.24) is 24.6 Å². The molecule has 0 fully saturated rings. The number of rotatable bonds is 12. The molecule has 0 unspecified atom stereocenters. The minimum atomic E-state index is -4.48. The van der Waals surface area contributed by atoms with E-state index in [0.717, 1.165) is 18.3 Å². The fraction of sp³-hybridized carbons (Fsp3) is 0.400. The number of hydrogen-bond donors (Lipinski definition) is 2. The van der Waals surface area contributed by atoms with Crippen molar-refractivity contribution in [3.8, 4) is 5.88 Å². The van der Waals surface area contributed by atoms with Gasteiger partial charge in [-0.3, -0.25) is 19.3 Å². The van der Waals surface area contributed by atoms with Crippen LogP contribution in [0.3, 0.4) is 0 Å². The standard InChI is InChI=1S/C25H29F4N7O3/c1-16(2)19-12-30-13-20(26)24(19)31-7-6-21(37)34-18-11-33-36(14-18)15-23(38)35(3)8-9-39-22-5-4-17(10-32-22)25(27,28)29/h4-5,10-14,16H,6-9,15H2,1-3H3,(H,30,31)(H,34,37). The quantitative estimate of drug-likeness (QED) is 0.328. The zero-order valence-corrected chi connectivity index (χ0v) is 21.6. The highest BCUT2D eigenvalue weighted by Gasteiger charge is 2.30. The highest BCUT2D eigenvalue weighted by molar-refractivity contribution is 5.90. The lowest BCUT2D eigenvalue weighted by Gasteiger charge is -2.17. The molecule has 3 aromatic heterocycles. The minimum Gasteiger partial charge on any atom is -0.476 e. The number of amides is 2. The van der Waals surface area contributed by atoms with E-state index in [9.17, 15) is 27.2 Å². The van der Waals surface area contributed by atoms with E-state index in [-0.39, 0.29) is 56.3 Å². The van der Waals surface area contributed by atoms with Crippen LogP contribution in [0.4, 0.5) is 28.9 Å². The Morgan fingerprint density at radius 2 is 1.92 bits per heavy atom. The van der Waals surface area contributed by atoms with Gasteiger partial charge in [-0.25, -0.2) is 9.37 Å². The first kappa shape index (κ1) is 29.3. The number of carbonyl (C=O) groups excluding carboxylic acids is 2. The molecule has 0 aliphatic heterocycles. The van der Waals surface area contributed by atoms with Crippen molar-refractivity contribution < 1.29 is 31.9 Å². The lowest BCUT2D eigenvalue weighted by molar-refractivity contribution is -0.138. The van der Waals surface area contributed by atoms with Gasteiger partial charge >= 0.3 is 6.18 Å². The number of nitrogens with one attached hydrogen (secondary N) is 2. The number of ether oxygens (including phenoxy) is 1. The average molecular weight is 552 g/mol. The number of hydrogen-bond acceptors (Lipinski definition) is 7. The summed E-state index contributed by atoms with van der Waals surface area (Å²) in [5, 5.41) is 9.70. The van der Waals surface area contributed by atoms with E-state index in [1.54, 1.807) is 13.2 Å². The molecule has 0 aliphatic carbocycles. The van der Waals surface area contributed by atoms with Gasteiger partial charge in [-0.15, -0.1) is 0 Å². The molecule has 3 aromatic rings. The van der Waals surface area contributed by atoms with Crippen LogP contribution in [0.1, 0.15) is 37.3 Å². The van der Waals surface area contributed by atoms with Crippen LogP contribution in [-0.2, 0) is 22.3 Å². The Kier molecular flexibility index (Phi) is 9.79. The Labute approximate surface area is 222 Å². The molecule has 0 spiro atoms. The second kappa shape index (κ2) is 13.0. The highest BCUT2D eigenvalue weighted by Crippen LogP contribution is 2.29. The Bertz CT molecular complexity index is 1260. The molecule has 3 rings (SSSR count). The largest absolute Gasteiger partial charge is 0.476 e. The third-order valence-corrected chi connectivity index (χ3v) is 5.59. The van der Waals surface area contributed by atoms with Crippen LogP contribution >= 0.6 is 0 Å². The third kappa shape index (κ3) is 8.65. The lowest BCUT2D eigenvalue weighted by atomic mass is 10.0. The SMILES string of the molecule is CC(C)c1cncc(F)c1NCCC(=O)Nc1cnn(CC(=O)N(C)CCOc2ccc(C(F)(F)F)cn2)c1. The predicted octanol–water partition coefficient (Wildman–Crippen LogP) is 3.93. The first-order valence-corrected chi connectivity index (χ1v) is 12.0. The molecule has 0 bridgehead atoms. The summed E-state index contributed by atoms with van der Waals surface area (Å²) in [6.07, 6.45) is 1.87. The molecule has 0 aliphatic rings. The zero-order valence-electron chi connectivity index (χ0n) is 21.6. The van der Waals surface area contributed by atoms with Gasteiger partial charge in [0.15, 0.2) is 5.82 Å². The molecular weight excluding hydrogens is 522 g/mol. The molecule has 39 heavy (non-hydrogen) atoms. The Morgan fingerprint density at radius 3 is 2.59 bits per heavy atom. The van der Waals surface area contributed by atoms with Gasteiger partial charge in [0.25, 0.3) is 0 Å². The molecule has 0 saturated heterocycles. The first-order valence-electron chi connectivity index (χ1n) is 12.0. The van der Waals surface area contributed by atoms with Crippen molar-refractivity contribution in [1.29, 1.82) is 0 Å². The summed E-state index contributed by atoms with van der Waals surface area (Å²) in [7, 11) is 1.54. The van der Waals surface area contributed by atoms with E-state index in [1.807, 2.05) is 13.8 Å². The summed E-state index contributed by atoms with van der Waals surface area (Å²) < 4.78 is 58.6. The van der Waals surface area contributed by atoms with Gasteiger partial charge in [-0.1, -0.05) is 13.8 Å². The fourth-order valence-electron chi connectivity index (χ4n) is 3.42. The van der Waals surface area contributed by atoms with Gasteiger partial charge < -0.3 is 20.3 Å². The molecule has 3 heterocycles. The van der Waals surface area contributed by atoms with Gasteiger partial charge in [-0.05, 0) is 17.5 Å². The van der Waals surface area contributed by atoms with E-state index < -0.39 is 17.6 Å². The summed E-state index contributed by atoms with van der Waals surface area (Å²) in [6.45, 7) is 4.12. The zero-order chi connectivity index (χ0) is 28.6. The van der Waals surface area contributed by atoms with Gasteiger partial charge in [0.1, 0.15) is 13.2 Å². The summed E-state index contributed by atoms with van der Waals surface area (Å²) >= 11 is 0. The fourth-order valence-corrected chi connectivity index (χ4v) is 3.42. The molecule has 2 amide bonds. The molecule has 0 atom stereocenters. The van der Waals surface area contributed by atoms with Crippen LogP contribution in [-0.4, -0.2) is 63.2 Å². The average Bonchev–Trinajstić information content (AvgIpc) is 3.30. The number of pyridine rings is 2. The summed E-state index contributed by atoms with van der Waals surface area (Å²) in [4.78, 5) is 33.6. The Balaban J connectivity index is 1.40. The normalized spacial score (nSPS) is 11.4. The topological polar surface area (TPSA) is 114 Å². The number of carbonyl (C=O) groups is 2. The highest BCUT2D eigenvalue weighted by atomic mass is 19.4. The van der Waals surface area contributed by atoms with Crippen molar-refractivity contribution in [3.63, 3.8) is 0 Å². The Hall–Kier alpha value is -4.23. The molecule has 10 nitrogen and oxygen atoms in total. The van der Waals surface area contributed by atoms with Crippen LogP contribution in [0.15, 0.2) is 43.1 Å². The van der Waals surface area contributed by atoms with Crippen molar-refractivity contribution in [2.75, 3.05) is 37.4 Å². The van der Waals surface area contributed by atoms with Gasteiger partial charge in [-0.2, -0.15) is 18.3 Å². The third-order valence-electron chi connectivity index (χ3n) is 5.59. The second-order valence-corrected chi connectivity index (χ2v) is 8.94. The van der Waals surface area contributed by atoms with Crippen LogP contribution in [0.25, 0.3) is 0 Å². The van der Waals surface area contributed by atoms with Crippen molar-refractivity contribution in [2.24, 2.45) is 0 Å². The number of anilines is 2. The van der Waals surface area contributed by atoms with Crippen molar-refractivity contribution in [2.45, 2.75) is 38.9 Å². The molecule has 2 N–H and O–H groups in total. The Morgan fingerprint density at radius 1 is 1.15 bits per heavy atom. The van der Waals surface area contributed by atoms with E-state index in [2.05, 4.69) is 25.7 Å². The number of nitrogens with zero attached hydrogens (tertiary/aromatic N) is 5. The molecule has 0 aromatic carbocycles. The summed E-state index contributed by atoms with van der Waals surface area (Å²) in [6, 6.07) is 1.98. The maximum atomic E-state index is 14.1. The summed E-state index contributed by atoms with van der Waals surface area (Å²) in [5.41, 5.74) is 0.553. The van der Waals surface area contributed by atoms with E-state index >= 15 is 0 Å². The molecule has 0 saturated carbocycles. The van der Waals surface area contributed by atoms with Gasteiger partial charge in [0, 0.05) is 44.7 Å². The molecule has 210 valence electrons. The number of halogens is 4. The van der Waals surface area contributed by atoms with E-state index in [1.165, 1.54) is 22.0 Å². The van der Waals surface area contributed by atoms with Gasteiger partial charge in [0.05, 0.1) is 35.9 Å². The number of likely N-dealkylation sites (N-methyl/N-ethyl adjacent to an activating group) is 1. The molecule has 0 radical (unpaired) electrons. The maximum Gasteiger partial charge on any atom is 0.417 e. The first-order chi connectivity index (χ1) is 18.4. The van der Waals surface area contributed by atoms with Crippen LogP contribution in [0.2, 0.25) is 0 Å². The van der Waals surface area contributed by atoms with Crippen molar-refractivity contribution in [3.05, 3.63) is 60.1 Å². The van der Waals surface area contributed by atoms with E-state index in [4.69, 9.17) is 4.74 Å². The molecule has 14 heteroatoms. The lowest BCUT2D eigenvalue weighted by Crippen LogP contribution is -2.33. The smallest absolute Gasteiger partial charge is 0.417 e.